The van der Waals surface area contributed by atoms with Gasteiger partial charge in [0.25, 0.3) is 0 Å². The lowest BCUT2D eigenvalue weighted by Crippen LogP contribution is -2.46. The van der Waals surface area contributed by atoms with E-state index in [2.05, 4.69) is 4.72 Å². The van der Waals surface area contributed by atoms with Crippen molar-refractivity contribution in [2.45, 2.75) is 37.6 Å². The van der Waals surface area contributed by atoms with Gasteiger partial charge in [-0.2, -0.15) is 0 Å². The van der Waals surface area contributed by atoms with Crippen LogP contribution >= 0.6 is 0 Å². The van der Waals surface area contributed by atoms with E-state index >= 15 is 0 Å². The first-order chi connectivity index (χ1) is 9.22. The van der Waals surface area contributed by atoms with Crippen LogP contribution in [0.15, 0.2) is 29.2 Å². The molecule has 6 heteroatoms. The molecular weight excluding hydrogens is 278 g/mol. The van der Waals surface area contributed by atoms with Crippen molar-refractivity contribution in [3.05, 3.63) is 29.8 Å². The first-order valence-electron chi connectivity index (χ1n) is 6.38. The Morgan fingerprint density at radius 2 is 2.00 bits per heavy atom. The molecule has 0 fully saturated rings. The Morgan fingerprint density at radius 3 is 2.55 bits per heavy atom. The summed E-state index contributed by atoms with van der Waals surface area (Å²) in [5.41, 5.74) is -0.321. The molecule has 0 aliphatic carbocycles. The van der Waals surface area contributed by atoms with Gasteiger partial charge >= 0.3 is 0 Å². The van der Waals surface area contributed by atoms with Crippen LogP contribution in [0.25, 0.3) is 0 Å². The maximum atomic E-state index is 12.3. The minimum absolute atomic E-state index is 0.0842. The summed E-state index contributed by atoms with van der Waals surface area (Å²) in [6.07, 6.45) is 0.339. The first kappa shape index (κ1) is 16.8. The van der Waals surface area contributed by atoms with Crippen LogP contribution in [0.3, 0.4) is 0 Å². The van der Waals surface area contributed by atoms with Crippen molar-refractivity contribution in [1.29, 1.82) is 0 Å². The second kappa shape index (κ2) is 6.47. The Bertz CT molecular complexity index is 579. The molecule has 0 unspecified atom stereocenters. The van der Waals surface area contributed by atoms with Gasteiger partial charge in [0.05, 0.1) is 17.0 Å². The van der Waals surface area contributed by atoms with Crippen molar-refractivity contribution in [2.24, 2.45) is 0 Å². The molecule has 20 heavy (non-hydrogen) atoms. The summed E-state index contributed by atoms with van der Waals surface area (Å²) in [5.74, 6) is -0.0850. The molecule has 0 saturated carbocycles. The lowest BCUT2D eigenvalue weighted by molar-refractivity contribution is 0.0988. The van der Waals surface area contributed by atoms with Gasteiger partial charge in [0.1, 0.15) is 0 Å². The van der Waals surface area contributed by atoms with Gasteiger partial charge in [0, 0.05) is 19.1 Å². The van der Waals surface area contributed by atoms with E-state index in [0.29, 0.717) is 12.0 Å². The molecule has 0 spiro atoms. The molecule has 112 valence electrons. The van der Waals surface area contributed by atoms with Gasteiger partial charge < -0.3 is 4.74 Å². The molecule has 0 heterocycles. The highest BCUT2D eigenvalue weighted by Crippen LogP contribution is 2.16. The molecule has 1 N–H and O–H groups in total. The van der Waals surface area contributed by atoms with Crippen molar-refractivity contribution in [3.8, 4) is 0 Å². The van der Waals surface area contributed by atoms with E-state index in [1.54, 1.807) is 32.9 Å². The van der Waals surface area contributed by atoms with E-state index in [-0.39, 0.29) is 17.3 Å². The molecule has 0 radical (unpaired) electrons. The van der Waals surface area contributed by atoms with Crippen molar-refractivity contribution in [1.82, 2.24) is 4.72 Å². The van der Waals surface area contributed by atoms with Gasteiger partial charge in [-0.15, -0.1) is 0 Å². The van der Waals surface area contributed by atoms with Crippen LogP contribution < -0.4 is 4.72 Å². The zero-order valence-corrected chi connectivity index (χ0v) is 13.1. The number of Topliss-reactive ketones (excluding diaryl/α,β-unsaturated/α-hetero) is 1. The molecule has 0 bridgehead atoms. The monoisotopic (exact) mass is 299 g/mol. The standard InChI is InChI=1S/C14H21NO4S/c1-5-13(16)11-7-6-8-12(9-11)20(17,18)15-14(2,3)10-19-4/h6-9,15H,5,10H2,1-4H3. The predicted octanol–water partition coefficient (Wildman–Crippen LogP) is 1.98. The number of rotatable bonds is 7. The third-order valence-corrected chi connectivity index (χ3v) is 4.40. The van der Waals surface area contributed by atoms with Crippen molar-refractivity contribution >= 4 is 15.8 Å². The molecule has 5 nitrogen and oxygen atoms in total. The summed E-state index contributed by atoms with van der Waals surface area (Å²) < 4.78 is 32.2. The minimum atomic E-state index is -3.69. The zero-order valence-electron chi connectivity index (χ0n) is 12.3. The number of ketones is 1. The number of sulfonamides is 1. The Kier molecular flexibility index (Phi) is 5.44. The summed E-state index contributed by atoms with van der Waals surface area (Å²) in [7, 11) is -2.18. The fourth-order valence-electron chi connectivity index (χ4n) is 1.85. The van der Waals surface area contributed by atoms with E-state index in [1.165, 1.54) is 19.2 Å². The number of carbonyl (C=O) groups excluding carboxylic acids is 1. The zero-order chi connectivity index (χ0) is 15.4. The average Bonchev–Trinajstić information content (AvgIpc) is 2.36. The third kappa shape index (κ3) is 4.40. The summed E-state index contributed by atoms with van der Waals surface area (Å²) in [6.45, 7) is 5.45. The van der Waals surface area contributed by atoms with E-state index in [9.17, 15) is 13.2 Å². The number of methoxy groups -OCH3 is 1. The normalized spacial score (nSPS) is 12.4. The van der Waals surface area contributed by atoms with Gasteiger partial charge in [0.2, 0.25) is 10.0 Å². The summed E-state index contributed by atoms with van der Waals surface area (Å²) in [5, 5.41) is 0. The quantitative estimate of drug-likeness (QED) is 0.781. The molecule has 0 amide bonds. The summed E-state index contributed by atoms with van der Waals surface area (Å²) >= 11 is 0. The Balaban J connectivity index is 3.07. The molecule has 0 aromatic heterocycles. The lowest BCUT2D eigenvalue weighted by atomic mass is 10.1. The van der Waals surface area contributed by atoms with Gasteiger partial charge in [-0.05, 0) is 26.0 Å². The van der Waals surface area contributed by atoms with Crippen LogP contribution in [0, 0.1) is 0 Å². The van der Waals surface area contributed by atoms with Crippen LogP contribution in [0.2, 0.25) is 0 Å². The smallest absolute Gasteiger partial charge is 0.241 e. The maximum absolute atomic E-state index is 12.3. The molecule has 0 aliphatic rings. The van der Waals surface area contributed by atoms with Crippen LogP contribution in [0.1, 0.15) is 37.6 Å². The second-order valence-electron chi connectivity index (χ2n) is 5.23. The largest absolute Gasteiger partial charge is 0.383 e. The number of ether oxygens (including phenoxy) is 1. The highest BCUT2D eigenvalue weighted by Gasteiger charge is 2.26. The van der Waals surface area contributed by atoms with Crippen molar-refractivity contribution in [2.75, 3.05) is 13.7 Å². The molecule has 0 atom stereocenters. The minimum Gasteiger partial charge on any atom is -0.383 e. The SMILES string of the molecule is CCC(=O)c1cccc(S(=O)(=O)NC(C)(C)COC)c1. The first-order valence-corrected chi connectivity index (χ1v) is 7.86. The van der Waals surface area contributed by atoms with Gasteiger partial charge in [-0.1, -0.05) is 19.1 Å². The topological polar surface area (TPSA) is 72.5 Å². The van der Waals surface area contributed by atoms with E-state index in [0.717, 1.165) is 0 Å². The third-order valence-electron chi connectivity index (χ3n) is 2.70. The van der Waals surface area contributed by atoms with Crippen LogP contribution in [0.4, 0.5) is 0 Å². The predicted molar refractivity (Wildman–Crippen MR) is 77.3 cm³/mol. The fraction of sp³-hybridized carbons (Fsp3) is 0.500. The van der Waals surface area contributed by atoms with Gasteiger partial charge in [-0.3, -0.25) is 4.79 Å². The van der Waals surface area contributed by atoms with Crippen LogP contribution in [0.5, 0.6) is 0 Å². The highest BCUT2D eigenvalue weighted by molar-refractivity contribution is 7.89. The second-order valence-corrected chi connectivity index (χ2v) is 6.91. The molecule has 1 aromatic rings. The number of hydrogen-bond donors (Lipinski definition) is 1. The van der Waals surface area contributed by atoms with E-state index in [1.807, 2.05) is 0 Å². The lowest BCUT2D eigenvalue weighted by Gasteiger charge is -2.25. The molecule has 1 aromatic carbocycles. The van der Waals surface area contributed by atoms with Gasteiger partial charge in [-0.25, -0.2) is 13.1 Å². The Morgan fingerprint density at radius 1 is 1.35 bits per heavy atom. The number of hydrogen-bond acceptors (Lipinski definition) is 4. The Hall–Kier alpha value is -1.24. The average molecular weight is 299 g/mol. The number of carbonyl (C=O) groups is 1. The maximum Gasteiger partial charge on any atom is 0.241 e. The van der Waals surface area contributed by atoms with E-state index < -0.39 is 15.6 Å². The highest BCUT2D eigenvalue weighted by atomic mass is 32.2. The van der Waals surface area contributed by atoms with E-state index in [4.69, 9.17) is 4.74 Å². The summed E-state index contributed by atoms with van der Waals surface area (Å²) in [6, 6.07) is 6.06. The Labute approximate surface area is 120 Å². The van der Waals surface area contributed by atoms with Gasteiger partial charge in [0.15, 0.2) is 5.78 Å². The molecule has 0 saturated heterocycles. The van der Waals surface area contributed by atoms with Crippen LogP contribution in [-0.4, -0.2) is 33.5 Å². The fourth-order valence-corrected chi connectivity index (χ4v) is 3.30. The molecule has 0 aliphatic heterocycles. The summed E-state index contributed by atoms with van der Waals surface area (Å²) in [4.78, 5) is 11.7. The molecule has 1 rings (SSSR count). The molecular formula is C14H21NO4S. The van der Waals surface area contributed by atoms with Crippen LogP contribution in [-0.2, 0) is 14.8 Å². The van der Waals surface area contributed by atoms with Crippen molar-refractivity contribution < 1.29 is 17.9 Å². The number of nitrogens with one attached hydrogen (secondary N) is 1. The van der Waals surface area contributed by atoms with Crippen molar-refractivity contribution in [3.63, 3.8) is 0 Å². The number of benzene rings is 1.